The van der Waals surface area contributed by atoms with Crippen LogP contribution in [0.1, 0.15) is 38.2 Å². The molecule has 1 amide bonds. The van der Waals surface area contributed by atoms with Gasteiger partial charge in [0.25, 0.3) is 0 Å². The van der Waals surface area contributed by atoms with Crippen LogP contribution in [0, 0.1) is 11.8 Å². The number of halogens is 1. The molecular formula is C18H21BrN2O3. The van der Waals surface area contributed by atoms with Crippen LogP contribution in [0.15, 0.2) is 16.9 Å². The lowest BCUT2D eigenvalue weighted by molar-refractivity contribution is -0.0306. The van der Waals surface area contributed by atoms with E-state index >= 15 is 0 Å². The molecule has 2 aliphatic carbocycles. The predicted octanol–water partition coefficient (Wildman–Crippen LogP) is 3.51. The number of hydrogen-bond acceptors (Lipinski definition) is 4. The van der Waals surface area contributed by atoms with Crippen molar-refractivity contribution in [3.63, 3.8) is 0 Å². The quantitative estimate of drug-likeness (QED) is 0.686. The molecule has 2 spiro atoms. The van der Waals surface area contributed by atoms with Crippen molar-refractivity contribution in [2.45, 2.75) is 43.6 Å². The van der Waals surface area contributed by atoms with Crippen molar-refractivity contribution >= 4 is 22.0 Å². The standard InChI is InChI=1S/C18H21BrN2O3/c1-2-23-16(22)21-5-3-17(4-6-21)10-18(11-7-12(11)18)13-8-15(19)20-9-14(13)24-17/h8-9,11-12H,2-7,10H2,1H3. The van der Waals surface area contributed by atoms with Gasteiger partial charge in [-0.1, -0.05) is 0 Å². The van der Waals surface area contributed by atoms with Gasteiger partial charge in [-0.2, -0.15) is 0 Å². The van der Waals surface area contributed by atoms with Crippen molar-refractivity contribution in [3.05, 3.63) is 22.4 Å². The summed E-state index contributed by atoms with van der Waals surface area (Å²) in [5.74, 6) is 2.64. The monoisotopic (exact) mass is 392 g/mol. The molecule has 3 heterocycles. The highest BCUT2D eigenvalue weighted by molar-refractivity contribution is 9.10. The number of aromatic nitrogens is 1. The Balaban J connectivity index is 1.40. The van der Waals surface area contributed by atoms with Gasteiger partial charge in [0.05, 0.1) is 12.8 Å². The van der Waals surface area contributed by atoms with Gasteiger partial charge in [-0.25, -0.2) is 9.78 Å². The van der Waals surface area contributed by atoms with Gasteiger partial charge in [-0.05, 0) is 53.6 Å². The number of amides is 1. The largest absolute Gasteiger partial charge is 0.485 e. The lowest BCUT2D eigenvalue weighted by Crippen LogP contribution is -2.54. The first-order valence-corrected chi connectivity index (χ1v) is 9.64. The van der Waals surface area contributed by atoms with E-state index in [1.54, 1.807) is 0 Å². The highest BCUT2D eigenvalue weighted by atomic mass is 79.9. The second-order valence-corrected chi connectivity index (χ2v) is 8.45. The second-order valence-electron chi connectivity index (χ2n) is 7.64. The zero-order valence-corrected chi connectivity index (χ0v) is 15.3. The van der Waals surface area contributed by atoms with Crippen LogP contribution in [0.2, 0.25) is 0 Å². The zero-order valence-electron chi connectivity index (χ0n) is 13.8. The zero-order chi connectivity index (χ0) is 16.5. The van der Waals surface area contributed by atoms with E-state index in [1.165, 1.54) is 12.0 Å². The summed E-state index contributed by atoms with van der Waals surface area (Å²) >= 11 is 3.51. The molecule has 2 atom stereocenters. The average molecular weight is 393 g/mol. The number of ether oxygens (including phenoxy) is 2. The Kier molecular flexibility index (Phi) is 3.04. The van der Waals surface area contributed by atoms with Crippen molar-refractivity contribution in [3.8, 4) is 5.75 Å². The molecule has 5 rings (SSSR count). The van der Waals surface area contributed by atoms with Gasteiger partial charge in [0.2, 0.25) is 0 Å². The molecule has 0 radical (unpaired) electrons. The van der Waals surface area contributed by atoms with Crippen LogP contribution in [-0.4, -0.2) is 41.3 Å². The van der Waals surface area contributed by atoms with E-state index in [1.807, 2.05) is 18.0 Å². The summed E-state index contributed by atoms with van der Waals surface area (Å²) in [4.78, 5) is 18.1. The van der Waals surface area contributed by atoms with Crippen LogP contribution in [0.25, 0.3) is 0 Å². The Morgan fingerprint density at radius 3 is 2.83 bits per heavy atom. The molecule has 128 valence electrons. The van der Waals surface area contributed by atoms with Crippen LogP contribution in [0.3, 0.4) is 0 Å². The van der Waals surface area contributed by atoms with Crippen LogP contribution < -0.4 is 4.74 Å². The molecule has 5 nitrogen and oxygen atoms in total. The Morgan fingerprint density at radius 2 is 2.21 bits per heavy atom. The first-order valence-electron chi connectivity index (χ1n) is 8.85. The maximum Gasteiger partial charge on any atom is 0.409 e. The third-order valence-electron chi connectivity index (χ3n) is 6.48. The first-order chi connectivity index (χ1) is 11.6. The Hall–Kier alpha value is -1.30. The Labute approximate surface area is 149 Å². The molecule has 2 unspecified atom stereocenters. The van der Waals surface area contributed by atoms with E-state index < -0.39 is 0 Å². The number of fused-ring (bicyclic) bond motifs is 5. The van der Waals surface area contributed by atoms with Crippen LogP contribution >= 0.6 is 15.9 Å². The van der Waals surface area contributed by atoms with E-state index in [4.69, 9.17) is 9.47 Å². The molecule has 1 aromatic heterocycles. The van der Waals surface area contributed by atoms with E-state index in [0.29, 0.717) is 25.1 Å². The molecule has 6 heteroatoms. The van der Waals surface area contributed by atoms with E-state index in [2.05, 4.69) is 27.0 Å². The number of carbonyl (C=O) groups excluding carboxylic acids is 1. The van der Waals surface area contributed by atoms with E-state index in [-0.39, 0.29) is 11.7 Å². The van der Waals surface area contributed by atoms with Gasteiger partial charge in [-0.15, -0.1) is 0 Å². The van der Waals surface area contributed by atoms with Gasteiger partial charge in [0.15, 0.2) is 0 Å². The lowest BCUT2D eigenvalue weighted by Gasteiger charge is -2.48. The second kappa shape index (κ2) is 4.87. The van der Waals surface area contributed by atoms with Gasteiger partial charge >= 0.3 is 6.09 Å². The number of piperidine rings is 1. The van der Waals surface area contributed by atoms with E-state index in [9.17, 15) is 4.79 Å². The fourth-order valence-electron chi connectivity index (χ4n) is 5.07. The minimum absolute atomic E-state index is 0.140. The summed E-state index contributed by atoms with van der Waals surface area (Å²) < 4.78 is 12.5. The van der Waals surface area contributed by atoms with Gasteiger partial charge in [0.1, 0.15) is 16.0 Å². The van der Waals surface area contributed by atoms with E-state index in [0.717, 1.165) is 41.5 Å². The Morgan fingerprint density at radius 1 is 1.46 bits per heavy atom. The molecule has 3 fully saturated rings. The predicted molar refractivity (Wildman–Crippen MR) is 91.0 cm³/mol. The molecule has 4 aliphatic rings. The van der Waals surface area contributed by atoms with Crippen molar-refractivity contribution in [2.75, 3.05) is 19.7 Å². The van der Waals surface area contributed by atoms with Gasteiger partial charge in [-0.3, -0.25) is 0 Å². The Bertz CT molecular complexity index is 706. The normalized spacial score (nSPS) is 34.3. The molecule has 0 N–H and O–H groups in total. The van der Waals surface area contributed by atoms with Gasteiger partial charge < -0.3 is 14.4 Å². The molecule has 0 bridgehead atoms. The number of likely N-dealkylation sites (tertiary alicyclic amines) is 1. The molecule has 1 aromatic rings. The molecule has 24 heavy (non-hydrogen) atoms. The van der Waals surface area contributed by atoms with Crippen molar-refractivity contribution < 1.29 is 14.3 Å². The molecule has 2 aliphatic heterocycles. The summed E-state index contributed by atoms with van der Waals surface area (Å²) in [5.41, 5.74) is 1.54. The number of nitrogens with zero attached hydrogens (tertiary/aromatic N) is 2. The smallest absolute Gasteiger partial charge is 0.409 e. The molecule has 2 saturated carbocycles. The number of pyridine rings is 1. The summed E-state index contributed by atoms with van der Waals surface area (Å²) in [5, 5.41) is 0. The maximum absolute atomic E-state index is 12.0. The molecule has 0 aromatic carbocycles. The maximum atomic E-state index is 12.0. The fourth-order valence-corrected chi connectivity index (χ4v) is 5.40. The minimum atomic E-state index is -0.196. The average Bonchev–Trinajstić information content (AvgIpc) is 3.47. The summed E-state index contributed by atoms with van der Waals surface area (Å²) in [6, 6.07) is 2.15. The summed E-state index contributed by atoms with van der Waals surface area (Å²) in [7, 11) is 0. The minimum Gasteiger partial charge on any atom is -0.485 e. The summed E-state index contributed by atoms with van der Waals surface area (Å²) in [6.07, 6.45) is 5.89. The lowest BCUT2D eigenvalue weighted by atomic mass is 9.71. The SMILES string of the molecule is CCOC(=O)N1CCC2(CC1)CC1(c3cc(Br)ncc3O2)C2CC21. The number of hydrogen-bond donors (Lipinski definition) is 0. The third-order valence-corrected chi connectivity index (χ3v) is 6.92. The molecular weight excluding hydrogens is 372 g/mol. The van der Waals surface area contributed by atoms with Crippen molar-refractivity contribution in [1.29, 1.82) is 0 Å². The van der Waals surface area contributed by atoms with Crippen molar-refractivity contribution in [1.82, 2.24) is 9.88 Å². The van der Waals surface area contributed by atoms with Crippen LogP contribution in [0.5, 0.6) is 5.75 Å². The number of rotatable bonds is 1. The topological polar surface area (TPSA) is 51.7 Å². The number of carbonyl (C=O) groups is 1. The highest BCUT2D eigenvalue weighted by Gasteiger charge is 2.79. The molecule has 1 saturated heterocycles. The summed E-state index contributed by atoms with van der Waals surface area (Å²) in [6.45, 7) is 3.70. The van der Waals surface area contributed by atoms with Crippen molar-refractivity contribution in [2.24, 2.45) is 11.8 Å². The van der Waals surface area contributed by atoms with Crippen LogP contribution in [-0.2, 0) is 10.2 Å². The third kappa shape index (κ3) is 1.98. The first kappa shape index (κ1) is 15.0. The highest BCUT2D eigenvalue weighted by Crippen LogP contribution is 2.82. The van der Waals surface area contributed by atoms with Crippen LogP contribution in [0.4, 0.5) is 4.79 Å². The van der Waals surface area contributed by atoms with Gasteiger partial charge in [0, 0.05) is 36.9 Å². The fraction of sp³-hybridized carbons (Fsp3) is 0.667.